The number of para-hydroxylation sites is 2. The van der Waals surface area contributed by atoms with Crippen molar-refractivity contribution in [1.29, 1.82) is 0 Å². The minimum Gasteiger partial charge on any atom is -0.496 e. The summed E-state index contributed by atoms with van der Waals surface area (Å²) in [6.45, 7) is 0.104. The average molecular weight is 508 g/mol. The van der Waals surface area contributed by atoms with Gasteiger partial charge in [-0.05, 0) is 35.9 Å². The topological polar surface area (TPSA) is 105 Å². The number of ether oxygens (including phenoxy) is 2. The summed E-state index contributed by atoms with van der Waals surface area (Å²) < 4.78 is 27.9. The van der Waals surface area contributed by atoms with Crippen LogP contribution in [0.4, 0.5) is 10.2 Å². The predicted molar refractivity (Wildman–Crippen MR) is 141 cm³/mol. The van der Waals surface area contributed by atoms with E-state index >= 15 is 0 Å². The van der Waals surface area contributed by atoms with Crippen molar-refractivity contribution in [2.45, 2.75) is 12.5 Å². The van der Waals surface area contributed by atoms with Crippen molar-refractivity contribution in [2.75, 3.05) is 12.8 Å². The molecule has 6 rings (SSSR count). The molecular formula is C29H22FN5O3. The van der Waals surface area contributed by atoms with E-state index in [0.29, 0.717) is 50.7 Å². The molecule has 38 heavy (non-hydrogen) atoms. The summed E-state index contributed by atoms with van der Waals surface area (Å²) in [6, 6.07) is 20.9. The van der Waals surface area contributed by atoms with Gasteiger partial charge in [0.05, 0.1) is 18.4 Å². The van der Waals surface area contributed by atoms with Gasteiger partial charge in [0.25, 0.3) is 0 Å². The number of halogens is 1. The fourth-order valence-electron chi connectivity index (χ4n) is 4.91. The largest absolute Gasteiger partial charge is 0.496 e. The zero-order chi connectivity index (χ0) is 26.2. The smallest absolute Gasteiger partial charge is 0.164 e. The molecule has 0 bridgehead atoms. The van der Waals surface area contributed by atoms with E-state index in [0.717, 1.165) is 11.8 Å². The molecule has 0 radical (unpaired) electrons. The van der Waals surface area contributed by atoms with Crippen LogP contribution in [0.5, 0.6) is 11.5 Å². The van der Waals surface area contributed by atoms with Gasteiger partial charge in [0.2, 0.25) is 0 Å². The number of nitrogens with two attached hydrogens (primary N) is 1. The van der Waals surface area contributed by atoms with Gasteiger partial charge in [-0.15, -0.1) is 0 Å². The SMILES string of the molecule is COc1ccccc1-c1nn(CC2=C(c3cccc(F)c3)C(C=O)c3ccccc3O2)c2ncnc(N)c12. The molecule has 0 fully saturated rings. The van der Waals surface area contributed by atoms with E-state index in [4.69, 9.17) is 20.3 Å². The number of aromatic nitrogens is 4. The summed E-state index contributed by atoms with van der Waals surface area (Å²) >= 11 is 0. The van der Waals surface area contributed by atoms with Gasteiger partial charge in [-0.3, -0.25) is 0 Å². The molecule has 5 aromatic rings. The van der Waals surface area contributed by atoms with E-state index in [-0.39, 0.29) is 12.4 Å². The van der Waals surface area contributed by atoms with E-state index in [1.165, 1.54) is 18.5 Å². The Morgan fingerprint density at radius 1 is 1.08 bits per heavy atom. The van der Waals surface area contributed by atoms with Crippen molar-refractivity contribution in [2.24, 2.45) is 0 Å². The van der Waals surface area contributed by atoms with Crippen molar-refractivity contribution >= 4 is 28.7 Å². The molecule has 0 amide bonds. The van der Waals surface area contributed by atoms with Gasteiger partial charge < -0.3 is 20.0 Å². The number of anilines is 1. The van der Waals surface area contributed by atoms with E-state index in [1.54, 1.807) is 30.0 Å². The van der Waals surface area contributed by atoms with Crippen LogP contribution in [-0.2, 0) is 11.3 Å². The molecule has 0 saturated heterocycles. The van der Waals surface area contributed by atoms with Gasteiger partial charge in [0.15, 0.2) is 5.65 Å². The van der Waals surface area contributed by atoms with Gasteiger partial charge >= 0.3 is 0 Å². The molecule has 0 spiro atoms. The van der Waals surface area contributed by atoms with E-state index in [1.807, 2.05) is 42.5 Å². The number of nitrogen functional groups attached to an aromatic ring is 1. The van der Waals surface area contributed by atoms with Crippen LogP contribution in [0.25, 0.3) is 27.9 Å². The standard InChI is InChI=1S/C29H22FN5O3/c1-37-22-11-4-3-10-20(22)27-26-28(31)32-16-33-29(26)35(34-27)14-24-25(17-7-6-8-18(30)13-17)21(15-36)19-9-2-5-12-23(19)38-24/h2-13,15-16,21H,14H2,1H3,(H2,31,32,33). The number of allylic oxidation sites excluding steroid dienone is 2. The normalized spacial score (nSPS) is 14.7. The van der Waals surface area contributed by atoms with Crippen molar-refractivity contribution in [3.8, 4) is 22.8 Å². The Morgan fingerprint density at radius 2 is 1.89 bits per heavy atom. The number of benzene rings is 3. The lowest BCUT2D eigenvalue weighted by Crippen LogP contribution is -2.20. The third kappa shape index (κ3) is 3.85. The van der Waals surface area contributed by atoms with Gasteiger partial charge in [-0.2, -0.15) is 5.10 Å². The Kier molecular flexibility index (Phi) is 5.80. The summed E-state index contributed by atoms with van der Waals surface area (Å²) in [4.78, 5) is 21.1. The molecule has 0 aliphatic carbocycles. The predicted octanol–water partition coefficient (Wildman–Crippen LogP) is 5.01. The second-order valence-electron chi connectivity index (χ2n) is 8.76. The lowest BCUT2D eigenvalue weighted by molar-refractivity contribution is -0.108. The van der Waals surface area contributed by atoms with Gasteiger partial charge in [0.1, 0.15) is 53.7 Å². The molecule has 9 heteroatoms. The first-order valence-corrected chi connectivity index (χ1v) is 11.9. The number of carbonyl (C=O) groups excluding carboxylic acids is 1. The Labute approximate surface area is 217 Å². The lowest BCUT2D eigenvalue weighted by Gasteiger charge is -2.28. The second-order valence-corrected chi connectivity index (χ2v) is 8.76. The minimum absolute atomic E-state index is 0.104. The number of nitrogens with zero attached hydrogens (tertiary/aromatic N) is 4. The molecule has 3 heterocycles. The van der Waals surface area contributed by atoms with Crippen molar-refractivity contribution in [3.63, 3.8) is 0 Å². The molecule has 1 aliphatic rings. The van der Waals surface area contributed by atoms with Crippen LogP contribution >= 0.6 is 0 Å². The Morgan fingerprint density at radius 3 is 2.71 bits per heavy atom. The summed E-state index contributed by atoms with van der Waals surface area (Å²) in [5.41, 5.74) is 9.86. The van der Waals surface area contributed by atoms with Crippen molar-refractivity contribution in [3.05, 3.63) is 102 Å². The monoisotopic (exact) mass is 507 g/mol. The maximum absolute atomic E-state index is 14.3. The number of hydrogen-bond acceptors (Lipinski definition) is 7. The molecule has 1 atom stereocenters. The molecule has 0 saturated carbocycles. The van der Waals surface area contributed by atoms with E-state index in [9.17, 15) is 9.18 Å². The summed E-state index contributed by atoms with van der Waals surface area (Å²) in [5, 5.41) is 5.42. The van der Waals surface area contributed by atoms with E-state index in [2.05, 4.69) is 9.97 Å². The third-order valence-corrected chi connectivity index (χ3v) is 6.58. The first kappa shape index (κ1) is 23.4. The van der Waals surface area contributed by atoms with Gasteiger partial charge in [-0.1, -0.05) is 42.5 Å². The summed E-state index contributed by atoms with van der Waals surface area (Å²) in [5.74, 6) is 0.802. The number of carbonyl (C=O) groups is 1. The number of rotatable bonds is 6. The van der Waals surface area contributed by atoms with Crippen LogP contribution in [0.2, 0.25) is 0 Å². The van der Waals surface area contributed by atoms with Crippen molar-refractivity contribution < 1.29 is 18.7 Å². The maximum Gasteiger partial charge on any atom is 0.164 e. The average Bonchev–Trinajstić information content (AvgIpc) is 3.31. The van der Waals surface area contributed by atoms with Crippen LogP contribution in [0.3, 0.4) is 0 Å². The molecule has 1 unspecified atom stereocenters. The molecule has 1 aliphatic heterocycles. The van der Waals surface area contributed by atoms with E-state index < -0.39 is 11.7 Å². The van der Waals surface area contributed by atoms with Gasteiger partial charge in [-0.25, -0.2) is 19.0 Å². The zero-order valence-corrected chi connectivity index (χ0v) is 20.3. The van der Waals surface area contributed by atoms with Crippen LogP contribution in [0, 0.1) is 5.82 Å². The molecule has 2 N–H and O–H groups in total. The Bertz CT molecular complexity index is 1730. The quantitative estimate of drug-likeness (QED) is 0.322. The third-order valence-electron chi connectivity index (χ3n) is 6.58. The van der Waals surface area contributed by atoms with Gasteiger partial charge in [0, 0.05) is 16.7 Å². The highest BCUT2D eigenvalue weighted by molar-refractivity contribution is 5.99. The van der Waals surface area contributed by atoms with Crippen LogP contribution in [0.15, 0.2) is 84.9 Å². The van der Waals surface area contributed by atoms with Crippen molar-refractivity contribution in [1.82, 2.24) is 19.7 Å². The number of aldehydes is 1. The number of methoxy groups -OCH3 is 1. The first-order valence-electron chi connectivity index (χ1n) is 11.9. The first-order chi connectivity index (χ1) is 18.6. The maximum atomic E-state index is 14.3. The molecule has 8 nitrogen and oxygen atoms in total. The molecule has 2 aromatic heterocycles. The highest BCUT2D eigenvalue weighted by Gasteiger charge is 2.32. The number of fused-ring (bicyclic) bond motifs is 2. The second kappa shape index (κ2) is 9.44. The summed E-state index contributed by atoms with van der Waals surface area (Å²) in [6.07, 6.45) is 2.22. The van der Waals surface area contributed by atoms with Crippen LogP contribution in [-0.4, -0.2) is 33.1 Å². The fourth-order valence-corrected chi connectivity index (χ4v) is 4.91. The Balaban J connectivity index is 1.57. The highest BCUT2D eigenvalue weighted by atomic mass is 19.1. The molecular weight excluding hydrogens is 485 g/mol. The minimum atomic E-state index is -0.660. The number of hydrogen-bond donors (Lipinski definition) is 1. The van der Waals surface area contributed by atoms with Crippen LogP contribution < -0.4 is 15.2 Å². The zero-order valence-electron chi connectivity index (χ0n) is 20.3. The Hall–Kier alpha value is -5.05. The lowest BCUT2D eigenvalue weighted by atomic mass is 9.84. The molecule has 3 aromatic carbocycles. The highest BCUT2D eigenvalue weighted by Crippen LogP contribution is 2.44. The fraction of sp³-hybridized carbons (Fsp3) is 0.103. The molecule has 188 valence electrons. The van der Waals surface area contributed by atoms with Crippen LogP contribution in [0.1, 0.15) is 17.0 Å². The summed E-state index contributed by atoms with van der Waals surface area (Å²) in [7, 11) is 1.58.